The normalized spacial score (nSPS) is 16.4. The van der Waals surface area contributed by atoms with E-state index in [4.69, 9.17) is 4.74 Å². The number of anilines is 1. The van der Waals surface area contributed by atoms with Crippen molar-refractivity contribution in [1.82, 2.24) is 0 Å². The van der Waals surface area contributed by atoms with E-state index in [9.17, 15) is 13.6 Å². The molecule has 1 atom stereocenters. The maximum Gasteiger partial charge on any atom is 0.387 e. The van der Waals surface area contributed by atoms with Crippen LogP contribution in [0.1, 0.15) is 33.5 Å². The summed E-state index contributed by atoms with van der Waals surface area (Å²) in [6.45, 7) is -0.756. The largest absolute Gasteiger partial charge is 0.493 e. The number of thiophene rings is 1. The first-order valence-corrected chi connectivity index (χ1v) is 8.83. The Morgan fingerprint density at radius 3 is 2.84 bits per heavy atom. The van der Waals surface area contributed by atoms with Crippen LogP contribution in [0, 0.1) is 5.92 Å². The van der Waals surface area contributed by atoms with E-state index in [2.05, 4.69) is 17.0 Å². The van der Waals surface area contributed by atoms with Crippen LogP contribution in [-0.4, -0.2) is 19.6 Å². The average Bonchev–Trinajstić information content (AvgIpc) is 2.98. The van der Waals surface area contributed by atoms with Crippen molar-refractivity contribution >= 4 is 22.9 Å². The van der Waals surface area contributed by atoms with Gasteiger partial charge in [-0.1, -0.05) is 6.92 Å². The number of methoxy groups -OCH3 is 1. The average molecular weight is 367 g/mol. The van der Waals surface area contributed by atoms with Gasteiger partial charge in [0.1, 0.15) is 0 Å². The van der Waals surface area contributed by atoms with Gasteiger partial charge in [0.05, 0.1) is 12.0 Å². The number of amides is 1. The van der Waals surface area contributed by atoms with Gasteiger partial charge in [0, 0.05) is 16.6 Å². The summed E-state index contributed by atoms with van der Waals surface area (Å²) >= 11 is 1.50. The highest BCUT2D eigenvalue weighted by Crippen LogP contribution is 2.34. The standard InChI is InChI=1S/C18H19F2NO3S/c1-10-3-6-15-11(7-10)8-16(25-15)17(22)21-12-4-5-13(23-2)14(9-12)24-18(19)20/h4-5,8-10,18H,3,6-7H2,1-2H3,(H,21,22). The lowest BCUT2D eigenvalue weighted by Gasteiger charge is -2.16. The third-order valence-electron chi connectivity index (χ3n) is 4.19. The predicted octanol–water partition coefficient (Wildman–Crippen LogP) is 4.74. The van der Waals surface area contributed by atoms with Crippen molar-refractivity contribution in [2.45, 2.75) is 32.8 Å². The predicted molar refractivity (Wildman–Crippen MR) is 93.1 cm³/mol. The first-order chi connectivity index (χ1) is 12.0. The summed E-state index contributed by atoms with van der Waals surface area (Å²) in [5.41, 5.74) is 1.62. The SMILES string of the molecule is COc1ccc(NC(=O)c2cc3c(s2)CCC(C)C3)cc1OC(F)F. The number of alkyl halides is 2. The molecule has 0 aliphatic heterocycles. The summed E-state index contributed by atoms with van der Waals surface area (Å²) < 4.78 is 34.4. The van der Waals surface area contributed by atoms with E-state index in [1.807, 2.05) is 6.07 Å². The number of hydrogen-bond acceptors (Lipinski definition) is 4. The molecular formula is C18H19F2NO3S. The van der Waals surface area contributed by atoms with Crippen molar-refractivity contribution in [2.24, 2.45) is 5.92 Å². The third kappa shape index (κ3) is 4.10. The monoisotopic (exact) mass is 367 g/mol. The number of carbonyl (C=O) groups is 1. The molecule has 134 valence electrons. The second kappa shape index (κ2) is 7.39. The molecule has 0 bridgehead atoms. The number of hydrogen-bond donors (Lipinski definition) is 1. The Morgan fingerprint density at radius 2 is 2.12 bits per heavy atom. The zero-order chi connectivity index (χ0) is 18.0. The molecule has 1 aromatic heterocycles. The Labute approximate surface area is 148 Å². The molecule has 1 aliphatic carbocycles. The summed E-state index contributed by atoms with van der Waals surface area (Å²) in [5.74, 6) is 0.447. The van der Waals surface area contributed by atoms with Crippen molar-refractivity contribution in [3.8, 4) is 11.5 Å². The van der Waals surface area contributed by atoms with Gasteiger partial charge >= 0.3 is 6.61 Å². The summed E-state index contributed by atoms with van der Waals surface area (Å²) in [6, 6.07) is 6.34. The van der Waals surface area contributed by atoms with Crippen molar-refractivity contribution in [3.05, 3.63) is 39.6 Å². The van der Waals surface area contributed by atoms with Crippen LogP contribution >= 0.6 is 11.3 Å². The van der Waals surface area contributed by atoms with E-state index in [1.165, 1.54) is 41.0 Å². The van der Waals surface area contributed by atoms with Crippen molar-refractivity contribution in [1.29, 1.82) is 0 Å². The van der Waals surface area contributed by atoms with Gasteiger partial charge in [0.2, 0.25) is 0 Å². The molecule has 1 heterocycles. The third-order valence-corrected chi connectivity index (χ3v) is 5.43. The van der Waals surface area contributed by atoms with Gasteiger partial charge in [-0.25, -0.2) is 0 Å². The fraction of sp³-hybridized carbons (Fsp3) is 0.389. The number of nitrogens with one attached hydrogen (secondary N) is 1. The lowest BCUT2D eigenvalue weighted by atomic mass is 9.90. The van der Waals surface area contributed by atoms with E-state index in [0.717, 1.165) is 19.3 Å². The summed E-state index contributed by atoms with van der Waals surface area (Å²) in [4.78, 5) is 14.4. The van der Waals surface area contributed by atoms with Crippen LogP contribution in [0.3, 0.4) is 0 Å². The van der Waals surface area contributed by atoms with Crippen LogP contribution in [0.2, 0.25) is 0 Å². The van der Waals surface area contributed by atoms with Crippen LogP contribution in [-0.2, 0) is 12.8 Å². The van der Waals surface area contributed by atoms with Crippen LogP contribution in [0.5, 0.6) is 11.5 Å². The van der Waals surface area contributed by atoms with Gasteiger partial charge < -0.3 is 14.8 Å². The topological polar surface area (TPSA) is 47.6 Å². The number of ether oxygens (including phenoxy) is 2. The highest BCUT2D eigenvalue weighted by molar-refractivity contribution is 7.14. The number of fused-ring (bicyclic) bond motifs is 1. The molecule has 0 saturated carbocycles. The van der Waals surface area contributed by atoms with E-state index in [1.54, 1.807) is 6.07 Å². The second-order valence-corrected chi connectivity index (χ2v) is 7.24. The minimum Gasteiger partial charge on any atom is -0.493 e. The van der Waals surface area contributed by atoms with Crippen molar-refractivity contribution < 1.29 is 23.0 Å². The van der Waals surface area contributed by atoms with E-state index < -0.39 is 6.61 Å². The molecule has 1 amide bonds. The first-order valence-electron chi connectivity index (χ1n) is 8.02. The van der Waals surface area contributed by atoms with Crippen LogP contribution in [0.4, 0.5) is 14.5 Å². The van der Waals surface area contributed by atoms with Crippen LogP contribution in [0.15, 0.2) is 24.3 Å². The fourth-order valence-electron chi connectivity index (χ4n) is 2.95. The Hall–Kier alpha value is -2.15. The Bertz CT molecular complexity index is 776. The molecule has 1 aliphatic rings. The zero-order valence-electron chi connectivity index (χ0n) is 14.0. The highest BCUT2D eigenvalue weighted by Gasteiger charge is 2.21. The van der Waals surface area contributed by atoms with Gasteiger partial charge in [0.25, 0.3) is 5.91 Å². The Morgan fingerprint density at radius 1 is 1.32 bits per heavy atom. The van der Waals surface area contributed by atoms with Crippen LogP contribution in [0.25, 0.3) is 0 Å². The molecule has 0 saturated heterocycles. The number of benzene rings is 1. The highest BCUT2D eigenvalue weighted by atomic mass is 32.1. The molecule has 1 unspecified atom stereocenters. The molecule has 2 aromatic rings. The molecule has 3 rings (SSSR count). The Balaban J connectivity index is 1.77. The van der Waals surface area contributed by atoms with E-state index in [-0.39, 0.29) is 17.4 Å². The first kappa shape index (κ1) is 17.7. The molecule has 0 fully saturated rings. The maximum absolute atomic E-state index is 12.5. The summed E-state index contributed by atoms with van der Waals surface area (Å²) in [6.07, 6.45) is 3.14. The number of rotatable bonds is 5. The Kier molecular flexibility index (Phi) is 5.22. The van der Waals surface area contributed by atoms with Crippen molar-refractivity contribution in [2.75, 3.05) is 12.4 Å². The van der Waals surface area contributed by atoms with Gasteiger partial charge in [-0.3, -0.25) is 4.79 Å². The van der Waals surface area contributed by atoms with E-state index >= 15 is 0 Å². The van der Waals surface area contributed by atoms with Crippen LogP contribution < -0.4 is 14.8 Å². The molecule has 1 aromatic carbocycles. The number of carbonyl (C=O) groups excluding carboxylic acids is 1. The quantitative estimate of drug-likeness (QED) is 0.831. The molecule has 25 heavy (non-hydrogen) atoms. The van der Waals surface area contributed by atoms with Gasteiger partial charge in [0.15, 0.2) is 11.5 Å². The fourth-order valence-corrected chi connectivity index (χ4v) is 4.06. The molecule has 1 N–H and O–H groups in total. The summed E-state index contributed by atoms with van der Waals surface area (Å²) in [5, 5.41) is 2.73. The minimum atomic E-state index is -2.97. The molecule has 4 nitrogen and oxygen atoms in total. The molecule has 0 spiro atoms. The molecule has 7 heteroatoms. The van der Waals surface area contributed by atoms with E-state index in [0.29, 0.717) is 16.5 Å². The number of aryl methyl sites for hydroxylation is 1. The smallest absolute Gasteiger partial charge is 0.387 e. The number of halogens is 2. The molecule has 0 radical (unpaired) electrons. The lowest BCUT2D eigenvalue weighted by molar-refractivity contribution is -0.0511. The maximum atomic E-state index is 12.5. The van der Waals surface area contributed by atoms with Gasteiger partial charge in [-0.05, 0) is 48.9 Å². The minimum absolute atomic E-state index is 0.116. The van der Waals surface area contributed by atoms with Crippen molar-refractivity contribution in [3.63, 3.8) is 0 Å². The second-order valence-electron chi connectivity index (χ2n) is 6.11. The zero-order valence-corrected chi connectivity index (χ0v) is 14.8. The molecular weight excluding hydrogens is 348 g/mol. The van der Waals surface area contributed by atoms with Gasteiger partial charge in [-0.2, -0.15) is 8.78 Å². The lowest BCUT2D eigenvalue weighted by Crippen LogP contribution is -2.11. The summed E-state index contributed by atoms with van der Waals surface area (Å²) in [7, 11) is 1.36. The van der Waals surface area contributed by atoms with Gasteiger partial charge in [-0.15, -0.1) is 11.3 Å².